The first kappa shape index (κ1) is 15.3. The van der Waals surface area contributed by atoms with Gasteiger partial charge in [0.1, 0.15) is 6.61 Å². The molecule has 1 aliphatic rings. The van der Waals surface area contributed by atoms with Crippen molar-refractivity contribution in [2.75, 3.05) is 6.61 Å². The fraction of sp³-hybridized carbons (Fsp3) is 0.412. The van der Waals surface area contributed by atoms with E-state index >= 15 is 0 Å². The highest BCUT2D eigenvalue weighted by Gasteiger charge is 2.30. The predicted octanol–water partition coefficient (Wildman–Crippen LogP) is 3.87. The summed E-state index contributed by atoms with van der Waals surface area (Å²) in [5.74, 6) is 1.18. The van der Waals surface area contributed by atoms with Gasteiger partial charge in [-0.05, 0) is 25.0 Å². The summed E-state index contributed by atoms with van der Waals surface area (Å²) in [5.41, 5.74) is 0.161. The first-order valence-electron chi connectivity index (χ1n) is 7.58. The smallest absolute Gasteiger partial charge is 0.159 e. The summed E-state index contributed by atoms with van der Waals surface area (Å²) in [7, 11) is 0. The Kier molecular flexibility index (Phi) is 4.60. The van der Waals surface area contributed by atoms with Crippen LogP contribution in [0.3, 0.4) is 0 Å². The van der Waals surface area contributed by atoms with E-state index in [4.69, 9.17) is 16.3 Å². The minimum atomic E-state index is -0.704. The lowest BCUT2D eigenvalue weighted by Gasteiger charge is -2.31. The van der Waals surface area contributed by atoms with Gasteiger partial charge in [0.2, 0.25) is 0 Å². The van der Waals surface area contributed by atoms with Gasteiger partial charge in [0.15, 0.2) is 11.6 Å². The zero-order chi connectivity index (χ0) is 15.4. The zero-order valence-corrected chi connectivity index (χ0v) is 13.1. The molecule has 0 atom stereocenters. The fourth-order valence-electron chi connectivity index (χ4n) is 2.74. The Hall–Kier alpha value is -1.65. The van der Waals surface area contributed by atoms with Gasteiger partial charge in [0.05, 0.1) is 18.0 Å². The average molecular weight is 319 g/mol. The van der Waals surface area contributed by atoms with Crippen LogP contribution < -0.4 is 4.74 Å². The Balaban J connectivity index is 1.64. The van der Waals surface area contributed by atoms with Crippen LogP contribution in [0.4, 0.5) is 0 Å². The standard InChI is InChI=1S/C17H19ClN2O2/c18-14-6-4-5-13(9-14)16-19-10-15(11-20-16)22-12-17(21)7-2-1-3-8-17/h4-6,9-11,21H,1-3,7-8,12H2. The molecule has 0 saturated heterocycles. The first-order valence-corrected chi connectivity index (χ1v) is 7.96. The van der Waals surface area contributed by atoms with Crippen molar-refractivity contribution < 1.29 is 9.84 Å². The topological polar surface area (TPSA) is 55.2 Å². The highest BCUT2D eigenvalue weighted by molar-refractivity contribution is 6.30. The molecule has 3 rings (SSSR count). The van der Waals surface area contributed by atoms with E-state index in [0.29, 0.717) is 23.2 Å². The van der Waals surface area contributed by atoms with Crippen LogP contribution in [0.5, 0.6) is 5.75 Å². The number of hydrogen-bond acceptors (Lipinski definition) is 4. The maximum absolute atomic E-state index is 10.4. The molecule has 1 saturated carbocycles. The quantitative estimate of drug-likeness (QED) is 0.929. The molecule has 0 spiro atoms. The molecule has 1 aromatic carbocycles. The average Bonchev–Trinajstić information content (AvgIpc) is 2.54. The van der Waals surface area contributed by atoms with Crippen molar-refractivity contribution >= 4 is 11.6 Å². The van der Waals surface area contributed by atoms with Gasteiger partial charge in [0.25, 0.3) is 0 Å². The lowest BCUT2D eigenvalue weighted by Crippen LogP contribution is -2.37. The Morgan fingerprint density at radius 1 is 1.14 bits per heavy atom. The molecule has 1 fully saturated rings. The number of halogens is 1. The van der Waals surface area contributed by atoms with Gasteiger partial charge in [-0.25, -0.2) is 9.97 Å². The third-order valence-corrected chi connectivity index (χ3v) is 4.24. The zero-order valence-electron chi connectivity index (χ0n) is 12.3. The summed E-state index contributed by atoms with van der Waals surface area (Å²) in [6.07, 6.45) is 8.18. The van der Waals surface area contributed by atoms with E-state index in [1.807, 2.05) is 24.3 Å². The summed E-state index contributed by atoms with van der Waals surface area (Å²) in [6, 6.07) is 7.41. The molecule has 0 radical (unpaired) electrons. The maximum atomic E-state index is 10.4. The van der Waals surface area contributed by atoms with Crippen molar-refractivity contribution in [1.29, 1.82) is 0 Å². The van der Waals surface area contributed by atoms with Gasteiger partial charge in [-0.1, -0.05) is 43.0 Å². The third kappa shape index (κ3) is 3.76. The van der Waals surface area contributed by atoms with E-state index in [2.05, 4.69) is 9.97 Å². The van der Waals surface area contributed by atoms with E-state index in [0.717, 1.165) is 31.2 Å². The van der Waals surface area contributed by atoms with Crippen molar-refractivity contribution in [3.05, 3.63) is 41.7 Å². The Morgan fingerprint density at radius 3 is 2.55 bits per heavy atom. The fourth-order valence-corrected chi connectivity index (χ4v) is 2.93. The monoisotopic (exact) mass is 318 g/mol. The Bertz CT molecular complexity index is 625. The highest BCUT2D eigenvalue weighted by Crippen LogP contribution is 2.28. The molecule has 0 unspecified atom stereocenters. The van der Waals surface area contributed by atoms with Crippen molar-refractivity contribution in [2.45, 2.75) is 37.7 Å². The second-order valence-corrected chi connectivity index (χ2v) is 6.26. The largest absolute Gasteiger partial charge is 0.487 e. The molecule has 22 heavy (non-hydrogen) atoms. The van der Waals surface area contributed by atoms with Gasteiger partial charge in [-0.15, -0.1) is 0 Å². The molecule has 116 valence electrons. The third-order valence-electron chi connectivity index (χ3n) is 4.00. The molecule has 2 aromatic rings. The van der Waals surface area contributed by atoms with Crippen LogP contribution in [0, 0.1) is 0 Å². The van der Waals surface area contributed by atoms with Gasteiger partial charge in [-0.2, -0.15) is 0 Å². The van der Waals surface area contributed by atoms with Crippen LogP contribution in [-0.4, -0.2) is 27.3 Å². The predicted molar refractivity (Wildman–Crippen MR) is 86.0 cm³/mol. The van der Waals surface area contributed by atoms with Crippen molar-refractivity contribution in [2.24, 2.45) is 0 Å². The van der Waals surface area contributed by atoms with Crippen molar-refractivity contribution in [1.82, 2.24) is 9.97 Å². The normalized spacial score (nSPS) is 17.2. The minimum Gasteiger partial charge on any atom is -0.487 e. The van der Waals surface area contributed by atoms with Crippen LogP contribution in [0.25, 0.3) is 11.4 Å². The van der Waals surface area contributed by atoms with Crippen LogP contribution in [-0.2, 0) is 0 Å². The van der Waals surface area contributed by atoms with E-state index < -0.39 is 5.60 Å². The number of nitrogens with zero attached hydrogens (tertiary/aromatic N) is 2. The molecule has 0 bridgehead atoms. The lowest BCUT2D eigenvalue weighted by atomic mass is 9.86. The van der Waals surface area contributed by atoms with E-state index in [-0.39, 0.29) is 0 Å². The number of ether oxygens (including phenoxy) is 1. The summed E-state index contributed by atoms with van der Waals surface area (Å²) >= 11 is 5.97. The van der Waals surface area contributed by atoms with Crippen LogP contribution >= 0.6 is 11.6 Å². The molecular formula is C17H19ClN2O2. The number of hydrogen-bond donors (Lipinski definition) is 1. The van der Waals surface area contributed by atoms with Crippen LogP contribution in [0.15, 0.2) is 36.7 Å². The molecular weight excluding hydrogens is 300 g/mol. The number of aliphatic hydroxyl groups is 1. The molecule has 5 heteroatoms. The highest BCUT2D eigenvalue weighted by atomic mass is 35.5. The molecule has 1 heterocycles. The molecule has 4 nitrogen and oxygen atoms in total. The van der Waals surface area contributed by atoms with Crippen molar-refractivity contribution in [3.8, 4) is 17.1 Å². The van der Waals surface area contributed by atoms with Crippen LogP contribution in [0.1, 0.15) is 32.1 Å². The second kappa shape index (κ2) is 6.63. The first-order chi connectivity index (χ1) is 10.6. The van der Waals surface area contributed by atoms with Gasteiger partial charge in [-0.3, -0.25) is 0 Å². The van der Waals surface area contributed by atoms with Crippen LogP contribution in [0.2, 0.25) is 5.02 Å². The van der Waals surface area contributed by atoms with Crippen molar-refractivity contribution in [3.63, 3.8) is 0 Å². The van der Waals surface area contributed by atoms with E-state index in [1.165, 1.54) is 6.42 Å². The van der Waals surface area contributed by atoms with Gasteiger partial charge >= 0.3 is 0 Å². The second-order valence-electron chi connectivity index (χ2n) is 5.83. The number of aromatic nitrogens is 2. The summed E-state index contributed by atoms with van der Waals surface area (Å²) < 4.78 is 5.66. The van der Waals surface area contributed by atoms with Gasteiger partial charge < -0.3 is 9.84 Å². The molecule has 0 aliphatic heterocycles. The Morgan fingerprint density at radius 2 is 1.86 bits per heavy atom. The number of rotatable bonds is 4. The molecule has 1 aromatic heterocycles. The van der Waals surface area contributed by atoms with Gasteiger partial charge in [0, 0.05) is 10.6 Å². The summed E-state index contributed by atoms with van der Waals surface area (Å²) in [5, 5.41) is 11.1. The Labute approximate surface area is 135 Å². The molecule has 1 N–H and O–H groups in total. The summed E-state index contributed by atoms with van der Waals surface area (Å²) in [6.45, 7) is 0.298. The SMILES string of the molecule is OC1(COc2cnc(-c3cccc(Cl)c3)nc2)CCCCC1. The molecule has 0 amide bonds. The van der Waals surface area contributed by atoms with E-state index in [9.17, 15) is 5.11 Å². The maximum Gasteiger partial charge on any atom is 0.159 e. The summed E-state index contributed by atoms with van der Waals surface area (Å²) in [4.78, 5) is 8.60. The number of benzene rings is 1. The minimum absolute atomic E-state index is 0.298. The van der Waals surface area contributed by atoms with E-state index in [1.54, 1.807) is 12.4 Å². The molecule has 1 aliphatic carbocycles. The lowest BCUT2D eigenvalue weighted by molar-refractivity contribution is -0.0340.